The molecule has 0 spiro atoms. The molecule has 266 valence electrons. The summed E-state index contributed by atoms with van der Waals surface area (Å²) in [5.74, 6) is 0. The van der Waals surface area contributed by atoms with Crippen LogP contribution in [0.4, 0.5) is 0 Å². The number of fused-ring (bicyclic) bond motifs is 4. The average Bonchev–Trinajstić information content (AvgIpc) is 3.77. The molecule has 8 aromatic rings. The topological polar surface area (TPSA) is 0 Å². The van der Waals surface area contributed by atoms with E-state index in [1.54, 1.807) is 0 Å². The monoisotopic (exact) mass is 754 g/mol. The number of hydrogen-bond acceptors (Lipinski definition) is 0. The fourth-order valence-electron chi connectivity index (χ4n) is 7.03. The summed E-state index contributed by atoms with van der Waals surface area (Å²) < 4.78 is 0. The zero-order valence-electron chi connectivity index (χ0n) is 30.5. The number of rotatable bonds is 8. The van der Waals surface area contributed by atoms with Crippen LogP contribution in [0.15, 0.2) is 146 Å². The summed E-state index contributed by atoms with van der Waals surface area (Å²) in [5, 5.41) is 10.8. The molecule has 0 unspecified atom stereocenters. The largest absolute Gasteiger partial charge is 2.00 e. The van der Waals surface area contributed by atoms with Gasteiger partial charge in [-0.25, -0.2) is 0 Å². The Bertz CT molecular complexity index is 2100. The van der Waals surface area contributed by atoms with Crippen molar-refractivity contribution < 1.29 is 46.5 Å². The van der Waals surface area contributed by atoms with Gasteiger partial charge in [-0.3, -0.25) is 0 Å². The molecule has 0 heterocycles. The summed E-state index contributed by atoms with van der Waals surface area (Å²) in [6.45, 7) is 11.3. The fraction of sp³-hybridized carbons (Fsp3) is 0.184. The maximum Gasteiger partial charge on any atom is 2.00 e. The van der Waals surface area contributed by atoms with Crippen molar-refractivity contribution in [3.63, 3.8) is 0 Å². The van der Waals surface area contributed by atoms with Gasteiger partial charge in [0.2, 0.25) is 0 Å². The van der Waals surface area contributed by atoms with E-state index in [1.165, 1.54) is 115 Å². The number of halogens is 2. The minimum Gasteiger partial charge on any atom is -1.00 e. The summed E-state index contributed by atoms with van der Waals surface area (Å²) in [6.07, 6.45) is 8.13. The summed E-state index contributed by atoms with van der Waals surface area (Å²) in [5.41, 5.74) is 8.30. The Kier molecular flexibility index (Phi) is 17.4. The van der Waals surface area contributed by atoms with E-state index in [1.807, 2.05) is 0 Å². The van der Waals surface area contributed by atoms with Gasteiger partial charge in [0.25, 0.3) is 0 Å². The van der Waals surface area contributed by atoms with E-state index in [0.29, 0.717) is 0 Å². The van der Waals surface area contributed by atoms with Crippen molar-refractivity contribution in [3.05, 3.63) is 171 Å². The Labute approximate surface area is 339 Å². The molecule has 0 saturated heterocycles. The molecule has 0 amide bonds. The molecule has 8 aromatic carbocycles. The minimum atomic E-state index is 0. The average molecular weight is 756 g/mol. The van der Waals surface area contributed by atoms with Crippen LogP contribution in [0.1, 0.15) is 57.1 Å². The zero-order valence-corrected chi connectivity index (χ0v) is 33.5. The smallest absolute Gasteiger partial charge is 1.00 e. The van der Waals surface area contributed by atoms with Crippen LogP contribution in [-0.4, -0.2) is 0 Å². The predicted octanol–water partition coefficient (Wildman–Crippen LogP) is 8.49. The number of aryl methyl sites for hydroxylation is 2. The molecule has 0 aliphatic rings. The molecule has 0 N–H and O–H groups in total. The molecule has 0 saturated carbocycles. The molecule has 0 nitrogen and oxygen atoms in total. The van der Waals surface area contributed by atoms with E-state index < -0.39 is 0 Å². The molecule has 0 aliphatic carbocycles. The van der Waals surface area contributed by atoms with Crippen molar-refractivity contribution in [2.45, 2.75) is 58.8 Å². The van der Waals surface area contributed by atoms with Crippen molar-refractivity contribution >= 4 is 43.1 Å². The quantitative estimate of drug-likeness (QED) is 0.108. The summed E-state index contributed by atoms with van der Waals surface area (Å²) in [4.78, 5) is 0. The van der Waals surface area contributed by atoms with Gasteiger partial charge >= 0.3 is 21.7 Å². The van der Waals surface area contributed by atoms with Gasteiger partial charge in [0.15, 0.2) is 0 Å². The standard InChI is InChI=1S/2C23H21.C3H6.2ClH.Ti/c2*1-2-3-8-17-15-19-11-7-14-22(23(19)16-17)21-13-6-10-18-9-4-5-12-20(18)21;1-3-2;;;/h2*4-7,9-16H,2-3,8H2,1H3;1-3H2;2*1H;/q2*-1;-2;;;+2/p-2. The Hall–Kier alpha value is -3.65. The number of hydrogen-bond donors (Lipinski definition) is 0. The maximum absolute atomic E-state index is 3.38. The van der Waals surface area contributed by atoms with E-state index in [4.69, 9.17) is 0 Å². The Morgan fingerprint density at radius 2 is 0.769 bits per heavy atom. The van der Waals surface area contributed by atoms with Crippen LogP contribution in [0.25, 0.3) is 65.3 Å². The van der Waals surface area contributed by atoms with Crippen molar-refractivity contribution in [1.82, 2.24) is 0 Å². The van der Waals surface area contributed by atoms with Crippen molar-refractivity contribution in [1.29, 1.82) is 0 Å². The molecule has 8 rings (SSSR count). The fourth-order valence-corrected chi connectivity index (χ4v) is 7.03. The SMILES string of the molecule is CCCCc1cc2c(-c3cccc4ccccc34)cccc2[cH-]1.CCCCc1cc2c(-c3cccc4ccccc34)cccc2[cH-]1.[CH2-]C[CH2-].[Cl-].[Cl-].[Ti+2]. The third kappa shape index (κ3) is 9.86. The third-order valence-electron chi connectivity index (χ3n) is 9.42. The Morgan fingerprint density at radius 3 is 1.15 bits per heavy atom. The first-order valence-electron chi connectivity index (χ1n) is 18.1. The van der Waals surface area contributed by atoms with Crippen LogP contribution in [0.5, 0.6) is 0 Å². The van der Waals surface area contributed by atoms with Crippen LogP contribution >= 0.6 is 0 Å². The normalized spacial score (nSPS) is 10.4. The van der Waals surface area contributed by atoms with E-state index in [9.17, 15) is 0 Å². The van der Waals surface area contributed by atoms with Crippen molar-refractivity contribution in [3.8, 4) is 22.3 Å². The second kappa shape index (κ2) is 21.2. The molecule has 0 bridgehead atoms. The van der Waals surface area contributed by atoms with Gasteiger partial charge in [0, 0.05) is 0 Å². The van der Waals surface area contributed by atoms with Crippen LogP contribution in [0.3, 0.4) is 0 Å². The zero-order chi connectivity index (χ0) is 34.0. The first kappa shape index (κ1) is 42.8. The van der Waals surface area contributed by atoms with Crippen molar-refractivity contribution in [2.24, 2.45) is 0 Å². The molecule has 52 heavy (non-hydrogen) atoms. The van der Waals surface area contributed by atoms with Gasteiger partial charge in [-0.15, -0.1) is 69.1 Å². The van der Waals surface area contributed by atoms with Crippen LogP contribution in [-0.2, 0) is 34.6 Å². The molecular formula is C49H48Cl2Ti-4. The molecule has 3 heteroatoms. The molecule has 0 aliphatic heterocycles. The number of unbranched alkanes of at least 4 members (excludes halogenated alkanes) is 2. The summed E-state index contributed by atoms with van der Waals surface area (Å²) >= 11 is 0. The minimum absolute atomic E-state index is 0. The number of benzene rings is 6. The van der Waals surface area contributed by atoms with Gasteiger partial charge in [-0.05, 0) is 45.5 Å². The molecule has 0 atom stereocenters. The predicted molar refractivity (Wildman–Crippen MR) is 218 cm³/mol. The van der Waals surface area contributed by atoms with E-state index in [0.717, 1.165) is 6.42 Å². The molecular weight excluding hydrogens is 707 g/mol. The van der Waals surface area contributed by atoms with E-state index >= 15 is 0 Å². The van der Waals surface area contributed by atoms with Gasteiger partial charge in [-0.2, -0.15) is 12.1 Å². The van der Waals surface area contributed by atoms with Gasteiger partial charge in [0.05, 0.1) is 0 Å². The second-order valence-corrected chi connectivity index (χ2v) is 13.0. The van der Waals surface area contributed by atoms with Crippen LogP contribution < -0.4 is 24.8 Å². The van der Waals surface area contributed by atoms with E-state index in [-0.39, 0.29) is 46.5 Å². The molecule has 0 fully saturated rings. The second-order valence-electron chi connectivity index (χ2n) is 13.0. The first-order valence-corrected chi connectivity index (χ1v) is 18.1. The van der Waals surface area contributed by atoms with Crippen LogP contribution in [0, 0.1) is 13.8 Å². The van der Waals surface area contributed by atoms with Crippen LogP contribution in [0.2, 0.25) is 0 Å². The Balaban J connectivity index is 0.000000248. The van der Waals surface area contributed by atoms with Gasteiger partial charge in [0.1, 0.15) is 0 Å². The molecule has 0 aromatic heterocycles. The maximum atomic E-state index is 3.38. The summed E-state index contributed by atoms with van der Waals surface area (Å²) in [6, 6.07) is 53.4. The van der Waals surface area contributed by atoms with Gasteiger partial charge < -0.3 is 45.1 Å². The molecule has 0 radical (unpaired) electrons. The van der Waals surface area contributed by atoms with Crippen molar-refractivity contribution in [2.75, 3.05) is 0 Å². The Morgan fingerprint density at radius 1 is 0.442 bits per heavy atom. The van der Waals surface area contributed by atoms with E-state index in [2.05, 4.69) is 173 Å². The third-order valence-corrected chi connectivity index (χ3v) is 9.42. The van der Waals surface area contributed by atoms with Gasteiger partial charge in [-0.1, -0.05) is 148 Å². The first-order chi connectivity index (χ1) is 24.1. The summed E-state index contributed by atoms with van der Waals surface area (Å²) in [7, 11) is 0.